The highest BCUT2D eigenvalue weighted by atomic mass is 32.2. The highest BCUT2D eigenvalue weighted by molar-refractivity contribution is 7.99. The van der Waals surface area contributed by atoms with E-state index in [4.69, 9.17) is 0 Å². The van der Waals surface area contributed by atoms with Crippen LogP contribution in [0.4, 0.5) is 0 Å². The first-order chi connectivity index (χ1) is 15.6. The maximum Gasteiger partial charge on any atom is 0.258 e. The van der Waals surface area contributed by atoms with Crippen molar-refractivity contribution in [2.75, 3.05) is 0 Å². The number of hydrogen-bond donors (Lipinski definition) is 1. The molecule has 0 saturated carbocycles. The third-order valence-corrected chi connectivity index (χ3v) is 6.31. The van der Waals surface area contributed by atoms with Gasteiger partial charge < -0.3 is 4.98 Å². The molecule has 0 amide bonds. The molecule has 7 heteroatoms. The molecule has 3 aromatic carbocycles. The van der Waals surface area contributed by atoms with Crippen LogP contribution in [-0.2, 0) is 0 Å². The van der Waals surface area contributed by atoms with Gasteiger partial charge >= 0.3 is 0 Å². The van der Waals surface area contributed by atoms with Gasteiger partial charge in [-0.15, -0.1) is 10.2 Å². The number of nitrogens with one attached hydrogen (secondary N) is 1. The van der Waals surface area contributed by atoms with Crippen molar-refractivity contribution in [3.05, 3.63) is 101 Å². The summed E-state index contributed by atoms with van der Waals surface area (Å²) in [6.45, 7) is 4.07. The molecule has 0 aliphatic carbocycles. The maximum atomic E-state index is 12.5. The van der Waals surface area contributed by atoms with Crippen molar-refractivity contribution in [3.8, 4) is 17.1 Å². The smallest absolute Gasteiger partial charge is 0.258 e. The Morgan fingerprint density at radius 2 is 1.62 bits per heavy atom. The number of aryl methyl sites for hydroxylation is 1. The van der Waals surface area contributed by atoms with Crippen molar-refractivity contribution in [2.45, 2.75) is 24.3 Å². The number of aromatic amines is 1. The number of hydrogen-bond acceptors (Lipinski definition) is 5. The average Bonchev–Trinajstić information content (AvgIpc) is 3.23. The van der Waals surface area contributed by atoms with Crippen LogP contribution < -0.4 is 5.56 Å². The third kappa shape index (κ3) is 3.83. The average molecular weight is 440 g/mol. The van der Waals surface area contributed by atoms with Gasteiger partial charge in [-0.05, 0) is 38.1 Å². The predicted octanol–water partition coefficient (Wildman–Crippen LogP) is 5.33. The van der Waals surface area contributed by atoms with Gasteiger partial charge in [0.25, 0.3) is 5.56 Å². The number of benzene rings is 3. The van der Waals surface area contributed by atoms with E-state index < -0.39 is 0 Å². The molecule has 0 spiro atoms. The van der Waals surface area contributed by atoms with Gasteiger partial charge in [-0.25, -0.2) is 4.98 Å². The number of fused-ring (bicyclic) bond motifs is 1. The molecule has 0 saturated heterocycles. The first-order valence-electron chi connectivity index (χ1n) is 10.3. The van der Waals surface area contributed by atoms with Crippen molar-refractivity contribution in [2.24, 2.45) is 0 Å². The maximum absolute atomic E-state index is 12.5. The summed E-state index contributed by atoms with van der Waals surface area (Å²) in [6, 6.07) is 25.6. The zero-order chi connectivity index (χ0) is 22.1. The van der Waals surface area contributed by atoms with Crippen LogP contribution in [0, 0.1) is 6.92 Å². The molecular weight excluding hydrogens is 418 g/mol. The molecule has 0 aliphatic rings. The highest BCUT2D eigenvalue weighted by Crippen LogP contribution is 2.35. The standard InChI is InChI=1S/C25H21N5OS/c1-16-12-14-19(15-13-16)30-23(18-8-4-3-5-9-18)28-29-25(30)32-17(2)22-26-21-11-7-6-10-20(21)24(31)27-22/h3-15,17H,1-2H3,(H,26,27,31)/t17-/m0/s1. The zero-order valence-corrected chi connectivity index (χ0v) is 18.5. The lowest BCUT2D eigenvalue weighted by Gasteiger charge is -2.14. The summed E-state index contributed by atoms with van der Waals surface area (Å²) in [4.78, 5) is 20.1. The van der Waals surface area contributed by atoms with Crippen LogP contribution >= 0.6 is 11.8 Å². The van der Waals surface area contributed by atoms with Crippen molar-refractivity contribution in [1.82, 2.24) is 24.7 Å². The first-order valence-corrected chi connectivity index (χ1v) is 11.2. The van der Waals surface area contributed by atoms with E-state index in [1.54, 1.807) is 6.07 Å². The fourth-order valence-electron chi connectivity index (χ4n) is 3.56. The fourth-order valence-corrected chi connectivity index (χ4v) is 4.48. The largest absolute Gasteiger partial charge is 0.309 e. The minimum Gasteiger partial charge on any atom is -0.309 e. The Hall–Kier alpha value is -3.71. The van der Waals surface area contributed by atoms with Gasteiger partial charge in [-0.3, -0.25) is 9.36 Å². The number of thioether (sulfide) groups is 1. The van der Waals surface area contributed by atoms with Gasteiger partial charge in [0.05, 0.1) is 16.2 Å². The van der Waals surface area contributed by atoms with Crippen LogP contribution in [0.25, 0.3) is 28.0 Å². The Morgan fingerprint density at radius 3 is 2.41 bits per heavy atom. The molecule has 1 atom stereocenters. The topological polar surface area (TPSA) is 76.5 Å². The fraction of sp³-hybridized carbons (Fsp3) is 0.120. The molecule has 32 heavy (non-hydrogen) atoms. The summed E-state index contributed by atoms with van der Waals surface area (Å²) in [6.07, 6.45) is 0. The summed E-state index contributed by atoms with van der Waals surface area (Å²) in [5, 5.41) is 10.2. The van der Waals surface area contributed by atoms with Crippen molar-refractivity contribution in [1.29, 1.82) is 0 Å². The first kappa shape index (κ1) is 20.2. The Labute approximate surface area is 189 Å². The van der Waals surface area contributed by atoms with Crippen molar-refractivity contribution >= 4 is 22.7 Å². The second-order valence-corrected chi connectivity index (χ2v) is 8.88. The normalized spacial score (nSPS) is 12.2. The van der Waals surface area contributed by atoms with Gasteiger partial charge in [0.15, 0.2) is 11.0 Å². The molecule has 0 radical (unpaired) electrons. The number of aromatic nitrogens is 5. The lowest BCUT2D eigenvalue weighted by Crippen LogP contribution is -2.13. The molecule has 6 nitrogen and oxygen atoms in total. The Balaban J connectivity index is 1.57. The molecule has 158 valence electrons. The van der Waals surface area contributed by atoms with Gasteiger partial charge in [-0.1, -0.05) is 71.9 Å². The van der Waals surface area contributed by atoms with Crippen LogP contribution in [0.5, 0.6) is 0 Å². The van der Waals surface area contributed by atoms with E-state index in [0.717, 1.165) is 22.2 Å². The number of nitrogens with zero attached hydrogens (tertiary/aromatic N) is 4. The monoisotopic (exact) mass is 439 g/mol. The summed E-state index contributed by atoms with van der Waals surface area (Å²) in [5.74, 6) is 1.38. The summed E-state index contributed by atoms with van der Waals surface area (Å²) < 4.78 is 2.05. The molecule has 0 fully saturated rings. The van der Waals surface area contributed by atoms with Crippen LogP contribution in [0.2, 0.25) is 0 Å². The van der Waals surface area contributed by atoms with Crippen molar-refractivity contribution < 1.29 is 0 Å². The number of rotatable bonds is 5. The summed E-state index contributed by atoms with van der Waals surface area (Å²) in [5.41, 5.74) is 3.70. The van der Waals surface area contributed by atoms with E-state index in [0.29, 0.717) is 16.7 Å². The Morgan fingerprint density at radius 1 is 0.906 bits per heavy atom. The second-order valence-electron chi connectivity index (χ2n) is 7.57. The van der Waals surface area contributed by atoms with E-state index in [1.807, 2.05) is 55.5 Å². The molecule has 1 N–H and O–H groups in total. The van der Waals surface area contributed by atoms with E-state index in [9.17, 15) is 4.79 Å². The lowest BCUT2D eigenvalue weighted by atomic mass is 10.2. The molecule has 0 bridgehead atoms. The molecule has 5 rings (SSSR count). The minimum absolute atomic E-state index is 0.135. The quantitative estimate of drug-likeness (QED) is 0.375. The Bertz CT molecular complexity index is 1440. The molecular formula is C25H21N5OS. The van der Waals surface area contributed by atoms with Gasteiger partial charge in [-0.2, -0.15) is 0 Å². The van der Waals surface area contributed by atoms with E-state index >= 15 is 0 Å². The molecule has 2 aromatic heterocycles. The van der Waals surface area contributed by atoms with Crippen LogP contribution in [0.1, 0.15) is 23.6 Å². The van der Waals surface area contributed by atoms with E-state index in [-0.39, 0.29) is 10.8 Å². The Kier molecular flexibility index (Phi) is 5.33. The van der Waals surface area contributed by atoms with E-state index in [2.05, 4.69) is 55.9 Å². The van der Waals surface area contributed by atoms with Crippen LogP contribution in [0.3, 0.4) is 0 Å². The summed E-state index contributed by atoms with van der Waals surface area (Å²) >= 11 is 1.51. The SMILES string of the molecule is Cc1ccc(-n2c(S[C@@H](C)c3nc4ccccc4c(=O)[nH]3)nnc2-c2ccccc2)cc1. The van der Waals surface area contributed by atoms with Gasteiger partial charge in [0.2, 0.25) is 0 Å². The van der Waals surface area contributed by atoms with Crippen molar-refractivity contribution in [3.63, 3.8) is 0 Å². The van der Waals surface area contributed by atoms with Gasteiger partial charge in [0.1, 0.15) is 5.82 Å². The third-order valence-electron chi connectivity index (χ3n) is 5.26. The molecule has 0 unspecified atom stereocenters. The summed E-state index contributed by atoms with van der Waals surface area (Å²) in [7, 11) is 0. The zero-order valence-electron chi connectivity index (χ0n) is 17.7. The van der Waals surface area contributed by atoms with Crippen LogP contribution in [-0.4, -0.2) is 24.7 Å². The molecule has 2 heterocycles. The van der Waals surface area contributed by atoms with Crippen LogP contribution in [0.15, 0.2) is 88.8 Å². The van der Waals surface area contributed by atoms with E-state index in [1.165, 1.54) is 17.3 Å². The number of para-hydroxylation sites is 1. The highest BCUT2D eigenvalue weighted by Gasteiger charge is 2.20. The van der Waals surface area contributed by atoms with Gasteiger partial charge in [0, 0.05) is 11.3 Å². The molecule has 5 aromatic rings. The minimum atomic E-state index is -0.136. The number of H-pyrrole nitrogens is 1. The lowest BCUT2D eigenvalue weighted by molar-refractivity contribution is 0.862. The predicted molar refractivity (Wildman–Crippen MR) is 128 cm³/mol. The second kappa shape index (κ2) is 8.43. The molecule has 0 aliphatic heterocycles.